The molecule has 0 aliphatic carbocycles. The van der Waals surface area contributed by atoms with Crippen LogP contribution in [-0.4, -0.2) is 16.7 Å². The second kappa shape index (κ2) is 8.32. The molecule has 3 aromatic rings. The van der Waals surface area contributed by atoms with Crippen LogP contribution in [0.25, 0.3) is 0 Å². The molecule has 2 N–H and O–H groups in total. The second-order valence-corrected chi connectivity index (χ2v) is 6.19. The van der Waals surface area contributed by atoms with Crippen LogP contribution in [0.3, 0.4) is 0 Å². The Kier molecular flexibility index (Phi) is 5.67. The Morgan fingerprint density at radius 2 is 1.39 bits per heavy atom. The molecule has 0 spiro atoms. The molecule has 0 unspecified atom stereocenters. The topological polar surface area (TPSA) is 101 Å². The fourth-order valence-electron chi connectivity index (χ4n) is 2.46. The van der Waals surface area contributed by atoms with Crippen LogP contribution in [0.1, 0.15) is 20.7 Å². The number of nitrogens with zero attached hydrogens (tertiary/aromatic N) is 1. The lowest BCUT2D eigenvalue weighted by Gasteiger charge is -2.09. The van der Waals surface area contributed by atoms with Crippen molar-refractivity contribution in [1.82, 2.24) is 0 Å². The third-order valence-electron chi connectivity index (χ3n) is 3.82. The first-order chi connectivity index (χ1) is 13.4. The molecule has 0 saturated carbocycles. The summed E-state index contributed by atoms with van der Waals surface area (Å²) in [7, 11) is 0. The van der Waals surface area contributed by atoms with Crippen LogP contribution in [0.5, 0.6) is 0 Å². The van der Waals surface area contributed by atoms with E-state index in [0.29, 0.717) is 16.9 Å². The zero-order valence-corrected chi connectivity index (χ0v) is 15.1. The van der Waals surface area contributed by atoms with Crippen LogP contribution in [0.4, 0.5) is 17.1 Å². The van der Waals surface area contributed by atoms with Crippen molar-refractivity contribution in [2.75, 3.05) is 10.6 Å². The highest BCUT2D eigenvalue weighted by atomic mass is 35.5. The number of benzene rings is 3. The average molecular weight is 396 g/mol. The second-order valence-electron chi connectivity index (χ2n) is 5.78. The minimum atomic E-state index is -0.654. The van der Waals surface area contributed by atoms with Gasteiger partial charge in [0.2, 0.25) is 0 Å². The number of carbonyl (C=O) groups excluding carboxylic acids is 2. The maximum Gasteiger partial charge on any atom is 0.288 e. The Labute approximate surface area is 165 Å². The molecule has 0 saturated heterocycles. The van der Waals surface area contributed by atoms with Gasteiger partial charge in [0.15, 0.2) is 0 Å². The van der Waals surface area contributed by atoms with Gasteiger partial charge in [-0.15, -0.1) is 0 Å². The Bertz CT molecular complexity index is 1050. The number of nitrogens with one attached hydrogen (secondary N) is 2. The summed E-state index contributed by atoms with van der Waals surface area (Å²) in [6.45, 7) is 0. The molecule has 0 fully saturated rings. The number of nitro benzene ring substituents is 1. The van der Waals surface area contributed by atoms with E-state index in [1.807, 2.05) is 6.07 Å². The predicted molar refractivity (Wildman–Crippen MR) is 107 cm³/mol. The van der Waals surface area contributed by atoms with Gasteiger partial charge in [-0.2, -0.15) is 0 Å². The molecule has 0 aliphatic heterocycles. The van der Waals surface area contributed by atoms with Gasteiger partial charge in [0, 0.05) is 28.6 Å². The molecule has 0 radical (unpaired) electrons. The predicted octanol–water partition coefficient (Wildman–Crippen LogP) is 4.75. The normalized spacial score (nSPS) is 10.2. The van der Waals surface area contributed by atoms with E-state index in [9.17, 15) is 19.7 Å². The number of halogens is 1. The van der Waals surface area contributed by atoms with Crippen molar-refractivity contribution < 1.29 is 14.5 Å². The Balaban J connectivity index is 1.74. The fourth-order valence-corrected chi connectivity index (χ4v) is 2.65. The lowest BCUT2D eigenvalue weighted by atomic mass is 10.1. The van der Waals surface area contributed by atoms with Gasteiger partial charge in [0.1, 0.15) is 5.02 Å². The molecular weight excluding hydrogens is 382 g/mol. The molecule has 28 heavy (non-hydrogen) atoms. The molecule has 0 atom stereocenters. The Hall–Kier alpha value is -3.71. The van der Waals surface area contributed by atoms with Crippen molar-refractivity contribution in [3.05, 3.63) is 99.1 Å². The highest BCUT2D eigenvalue weighted by Crippen LogP contribution is 2.25. The van der Waals surface area contributed by atoms with Gasteiger partial charge < -0.3 is 10.6 Å². The lowest BCUT2D eigenvalue weighted by Crippen LogP contribution is -2.14. The number of rotatable bonds is 5. The van der Waals surface area contributed by atoms with E-state index in [1.165, 1.54) is 12.1 Å². The largest absolute Gasteiger partial charge is 0.322 e. The summed E-state index contributed by atoms with van der Waals surface area (Å²) in [6.07, 6.45) is 0. The van der Waals surface area contributed by atoms with E-state index >= 15 is 0 Å². The van der Waals surface area contributed by atoms with Crippen LogP contribution in [0.15, 0.2) is 72.8 Å². The first-order valence-corrected chi connectivity index (χ1v) is 8.53. The van der Waals surface area contributed by atoms with Crippen molar-refractivity contribution in [3.63, 3.8) is 0 Å². The molecule has 8 heteroatoms. The van der Waals surface area contributed by atoms with Crippen molar-refractivity contribution in [3.8, 4) is 0 Å². The van der Waals surface area contributed by atoms with Crippen LogP contribution < -0.4 is 10.6 Å². The quantitative estimate of drug-likeness (QED) is 0.480. The number of hydrogen-bond donors (Lipinski definition) is 2. The third kappa shape index (κ3) is 4.52. The van der Waals surface area contributed by atoms with Crippen molar-refractivity contribution in [2.24, 2.45) is 0 Å². The monoisotopic (exact) mass is 395 g/mol. The maximum atomic E-state index is 12.4. The standard InChI is InChI=1S/C20H14ClN3O4/c21-17-10-9-14(11-18(17)24(27)28)20(26)23-16-8-4-7-15(12-16)22-19(25)13-5-2-1-3-6-13/h1-12H,(H,22,25)(H,23,26). The van der Waals surface area contributed by atoms with Crippen LogP contribution in [0, 0.1) is 10.1 Å². The molecule has 140 valence electrons. The first-order valence-electron chi connectivity index (χ1n) is 8.16. The Morgan fingerprint density at radius 1 is 0.786 bits per heavy atom. The van der Waals surface area contributed by atoms with E-state index in [4.69, 9.17) is 11.6 Å². The molecule has 3 rings (SSSR count). The molecular formula is C20H14ClN3O4. The van der Waals surface area contributed by atoms with E-state index in [2.05, 4.69) is 10.6 Å². The lowest BCUT2D eigenvalue weighted by molar-refractivity contribution is -0.384. The number of anilines is 2. The van der Waals surface area contributed by atoms with Crippen LogP contribution in [0.2, 0.25) is 5.02 Å². The molecule has 0 heterocycles. The minimum absolute atomic E-state index is 0.0489. The zero-order valence-electron chi connectivity index (χ0n) is 14.4. The summed E-state index contributed by atoms with van der Waals surface area (Å²) >= 11 is 5.76. The van der Waals surface area contributed by atoms with E-state index < -0.39 is 10.8 Å². The average Bonchev–Trinajstić information content (AvgIpc) is 2.69. The SMILES string of the molecule is O=C(Nc1cccc(NC(=O)c2ccc(Cl)c([N+](=O)[O-])c2)c1)c1ccccc1. The zero-order chi connectivity index (χ0) is 20.1. The fraction of sp³-hybridized carbons (Fsp3) is 0. The summed E-state index contributed by atoms with van der Waals surface area (Å²) in [5.41, 5.74) is 1.17. The van der Waals surface area contributed by atoms with Gasteiger partial charge in [0.25, 0.3) is 17.5 Å². The van der Waals surface area contributed by atoms with Gasteiger partial charge in [-0.3, -0.25) is 19.7 Å². The highest BCUT2D eigenvalue weighted by Gasteiger charge is 2.16. The summed E-state index contributed by atoms with van der Waals surface area (Å²) < 4.78 is 0. The van der Waals surface area contributed by atoms with Crippen molar-refractivity contribution in [2.45, 2.75) is 0 Å². The number of nitro groups is 1. The van der Waals surface area contributed by atoms with Gasteiger partial charge in [0.05, 0.1) is 4.92 Å². The molecule has 0 aliphatic rings. The number of amides is 2. The number of carbonyl (C=O) groups is 2. The smallest absolute Gasteiger partial charge is 0.288 e. The summed E-state index contributed by atoms with van der Waals surface area (Å²) in [4.78, 5) is 34.9. The molecule has 0 aromatic heterocycles. The van der Waals surface area contributed by atoms with E-state index in [0.717, 1.165) is 6.07 Å². The van der Waals surface area contributed by atoms with Crippen LogP contribution >= 0.6 is 11.6 Å². The van der Waals surface area contributed by atoms with Crippen molar-refractivity contribution in [1.29, 1.82) is 0 Å². The minimum Gasteiger partial charge on any atom is -0.322 e. The summed E-state index contributed by atoms with van der Waals surface area (Å²) in [5.74, 6) is -0.816. The molecule has 0 bridgehead atoms. The Morgan fingerprint density at radius 3 is 2.00 bits per heavy atom. The number of hydrogen-bond acceptors (Lipinski definition) is 4. The first kappa shape index (κ1) is 19.1. The summed E-state index contributed by atoms with van der Waals surface area (Å²) in [6, 6.07) is 19.1. The molecule has 3 aromatic carbocycles. The summed E-state index contributed by atoms with van der Waals surface area (Å²) in [5, 5.41) is 16.3. The van der Waals surface area contributed by atoms with Gasteiger partial charge >= 0.3 is 0 Å². The maximum absolute atomic E-state index is 12.4. The molecule has 2 amide bonds. The van der Waals surface area contributed by atoms with Crippen LogP contribution in [-0.2, 0) is 0 Å². The highest BCUT2D eigenvalue weighted by molar-refractivity contribution is 6.32. The van der Waals surface area contributed by atoms with E-state index in [-0.39, 0.29) is 22.2 Å². The van der Waals surface area contributed by atoms with Gasteiger partial charge in [-0.1, -0.05) is 35.9 Å². The third-order valence-corrected chi connectivity index (χ3v) is 4.14. The van der Waals surface area contributed by atoms with Gasteiger partial charge in [-0.25, -0.2) is 0 Å². The van der Waals surface area contributed by atoms with Gasteiger partial charge in [-0.05, 0) is 42.5 Å². The van der Waals surface area contributed by atoms with E-state index in [1.54, 1.807) is 48.5 Å². The molecule has 7 nitrogen and oxygen atoms in total. The van der Waals surface area contributed by atoms with Crippen molar-refractivity contribution >= 4 is 40.5 Å².